The van der Waals surface area contributed by atoms with Crippen LogP contribution >= 0.6 is 24.0 Å². The minimum Gasteiger partial charge on any atom is -0.326 e. The third-order valence-corrected chi connectivity index (χ3v) is 2.70. The van der Waals surface area contributed by atoms with E-state index in [0.29, 0.717) is 0 Å². The zero-order valence-electron chi connectivity index (χ0n) is 7.81. The number of unbranched alkanes of at least 4 members (excludes halogenated alkanes) is 1. The fourth-order valence-corrected chi connectivity index (χ4v) is 1.86. The highest BCUT2D eigenvalue weighted by molar-refractivity contribution is 14.0. The summed E-state index contributed by atoms with van der Waals surface area (Å²) >= 11 is 0. The first-order valence-electron chi connectivity index (χ1n) is 4.60. The van der Waals surface area contributed by atoms with Gasteiger partial charge in [0.2, 0.25) is 0 Å². The quantitative estimate of drug-likeness (QED) is 0.546. The first kappa shape index (κ1) is 11.7. The molecule has 0 aromatic rings. The minimum absolute atomic E-state index is 0. The molecular weight excluding hydrogens is 249 g/mol. The molecule has 0 bridgehead atoms. The number of hydrogen-bond donors (Lipinski definition) is 0. The van der Waals surface area contributed by atoms with Gasteiger partial charge in [-0.15, -0.1) is 24.0 Å². The normalized spacial score (nSPS) is 21.3. The van der Waals surface area contributed by atoms with Gasteiger partial charge in [-0.1, -0.05) is 13.3 Å². The lowest BCUT2D eigenvalue weighted by Crippen LogP contribution is -2.41. The van der Waals surface area contributed by atoms with Crippen LogP contribution in [0, 0.1) is 0 Å². The summed E-state index contributed by atoms with van der Waals surface area (Å²) in [6, 6.07) is 0. The maximum atomic E-state index is 2.41. The maximum absolute atomic E-state index is 2.41. The first-order valence-corrected chi connectivity index (χ1v) is 4.60. The van der Waals surface area contributed by atoms with Crippen LogP contribution in [0.5, 0.6) is 0 Å². The Balaban J connectivity index is 0.000001000. The zero-order chi connectivity index (χ0) is 7.45. The Morgan fingerprint density at radius 2 is 1.73 bits per heavy atom. The molecule has 0 aliphatic carbocycles. The lowest BCUT2D eigenvalue weighted by Gasteiger charge is -2.28. The Morgan fingerprint density at radius 1 is 1.18 bits per heavy atom. The Hall–Kier alpha value is 0.690. The third kappa shape index (κ3) is 3.74. The van der Waals surface area contributed by atoms with Crippen LogP contribution in [-0.4, -0.2) is 31.2 Å². The maximum Gasteiger partial charge on any atom is 0.0786 e. The second-order valence-electron chi connectivity index (χ2n) is 3.85. The first-order chi connectivity index (χ1) is 4.77. The molecule has 1 aliphatic rings. The number of likely N-dealkylation sites (tertiary alicyclic amines) is 1. The van der Waals surface area contributed by atoms with Crippen LogP contribution in [0.2, 0.25) is 0 Å². The number of nitrogens with zero attached hydrogens (tertiary/aromatic N) is 1. The molecule has 0 atom stereocenters. The van der Waals surface area contributed by atoms with E-state index in [4.69, 9.17) is 0 Å². The molecule has 68 valence electrons. The SMILES string of the molecule is CCCC[N+]1(C)CCCC1.I. The van der Waals surface area contributed by atoms with E-state index < -0.39 is 0 Å². The summed E-state index contributed by atoms with van der Waals surface area (Å²) in [5, 5.41) is 0. The standard InChI is InChI=1S/C9H20N.HI/c1-3-4-7-10(2)8-5-6-9-10;/h3-9H2,1-2H3;1H/q+1;. The molecule has 0 spiro atoms. The van der Waals surface area contributed by atoms with E-state index in [-0.39, 0.29) is 24.0 Å². The van der Waals surface area contributed by atoms with E-state index in [1.807, 2.05) is 0 Å². The van der Waals surface area contributed by atoms with E-state index in [1.165, 1.54) is 49.8 Å². The van der Waals surface area contributed by atoms with Crippen LogP contribution in [0.3, 0.4) is 0 Å². The number of halogens is 1. The highest BCUT2D eigenvalue weighted by Gasteiger charge is 2.25. The minimum atomic E-state index is 0. The van der Waals surface area contributed by atoms with Crippen molar-refractivity contribution in [3.8, 4) is 0 Å². The van der Waals surface area contributed by atoms with Gasteiger partial charge >= 0.3 is 0 Å². The Bertz CT molecular complexity index is 97.7. The molecule has 1 nitrogen and oxygen atoms in total. The number of rotatable bonds is 3. The Kier molecular flexibility index (Phi) is 5.69. The van der Waals surface area contributed by atoms with Crippen molar-refractivity contribution < 1.29 is 4.48 Å². The van der Waals surface area contributed by atoms with Crippen molar-refractivity contribution in [1.29, 1.82) is 0 Å². The molecule has 11 heavy (non-hydrogen) atoms. The molecular formula is C9H21IN+. The topological polar surface area (TPSA) is 0 Å². The van der Waals surface area contributed by atoms with Crippen molar-refractivity contribution >= 4 is 24.0 Å². The van der Waals surface area contributed by atoms with Crippen LogP contribution in [0.4, 0.5) is 0 Å². The van der Waals surface area contributed by atoms with Crippen LogP contribution in [-0.2, 0) is 0 Å². The van der Waals surface area contributed by atoms with Gasteiger partial charge < -0.3 is 4.48 Å². The summed E-state index contributed by atoms with van der Waals surface area (Å²) in [6.45, 7) is 6.55. The van der Waals surface area contributed by atoms with Crippen molar-refractivity contribution in [2.75, 3.05) is 26.7 Å². The summed E-state index contributed by atoms with van der Waals surface area (Å²) in [5.41, 5.74) is 0. The van der Waals surface area contributed by atoms with Crippen LogP contribution < -0.4 is 0 Å². The second kappa shape index (κ2) is 5.36. The Labute approximate surface area is 87.8 Å². The van der Waals surface area contributed by atoms with Gasteiger partial charge in [0.25, 0.3) is 0 Å². The summed E-state index contributed by atoms with van der Waals surface area (Å²) < 4.78 is 1.36. The van der Waals surface area contributed by atoms with E-state index in [1.54, 1.807) is 0 Å². The highest BCUT2D eigenvalue weighted by Crippen LogP contribution is 2.16. The lowest BCUT2D eigenvalue weighted by atomic mass is 10.3. The molecule has 1 fully saturated rings. The van der Waals surface area contributed by atoms with E-state index in [0.717, 1.165) is 0 Å². The van der Waals surface area contributed by atoms with Crippen molar-refractivity contribution in [3.63, 3.8) is 0 Å². The fraction of sp³-hybridized carbons (Fsp3) is 1.00. The van der Waals surface area contributed by atoms with Crippen molar-refractivity contribution in [2.24, 2.45) is 0 Å². The van der Waals surface area contributed by atoms with Gasteiger partial charge in [-0.3, -0.25) is 0 Å². The average molecular weight is 270 g/mol. The van der Waals surface area contributed by atoms with Crippen LogP contribution in [0.1, 0.15) is 32.6 Å². The van der Waals surface area contributed by atoms with Gasteiger partial charge in [-0.25, -0.2) is 0 Å². The summed E-state index contributed by atoms with van der Waals surface area (Å²) in [7, 11) is 2.41. The molecule has 0 amide bonds. The van der Waals surface area contributed by atoms with Crippen molar-refractivity contribution in [2.45, 2.75) is 32.6 Å². The molecule has 0 unspecified atom stereocenters. The summed E-state index contributed by atoms with van der Waals surface area (Å²) in [6.07, 6.45) is 5.69. The highest BCUT2D eigenvalue weighted by atomic mass is 127. The van der Waals surface area contributed by atoms with Gasteiger partial charge in [0.05, 0.1) is 26.7 Å². The predicted molar refractivity (Wildman–Crippen MR) is 60.3 cm³/mol. The van der Waals surface area contributed by atoms with Crippen molar-refractivity contribution in [1.82, 2.24) is 0 Å². The van der Waals surface area contributed by atoms with Crippen LogP contribution in [0.25, 0.3) is 0 Å². The van der Waals surface area contributed by atoms with Gasteiger partial charge in [-0.05, 0) is 6.42 Å². The zero-order valence-corrected chi connectivity index (χ0v) is 10.1. The molecule has 0 radical (unpaired) electrons. The molecule has 0 aromatic carbocycles. The summed E-state index contributed by atoms with van der Waals surface area (Å²) in [4.78, 5) is 0. The average Bonchev–Trinajstić information content (AvgIpc) is 2.33. The lowest BCUT2D eigenvalue weighted by molar-refractivity contribution is -0.897. The fourth-order valence-electron chi connectivity index (χ4n) is 1.86. The van der Waals surface area contributed by atoms with Crippen molar-refractivity contribution in [3.05, 3.63) is 0 Å². The molecule has 0 aromatic heterocycles. The number of hydrogen-bond acceptors (Lipinski definition) is 0. The molecule has 1 heterocycles. The van der Waals surface area contributed by atoms with Gasteiger partial charge in [-0.2, -0.15) is 0 Å². The van der Waals surface area contributed by atoms with E-state index >= 15 is 0 Å². The van der Waals surface area contributed by atoms with Gasteiger partial charge in [0, 0.05) is 12.8 Å². The Morgan fingerprint density at radius 3 is 2.18 bits per heavy atom. The van der Waals surface area contributed by atoms with E-state index in [2.05, 4.69) is 14.0 Å². The predicted octanol–water partition coefficient (Wildman–Crippen LogP) is 2.64. The van der Waals surface area contributed by atoms with Crippen LogP contribution in [0.15, 0.2) is 0 Å². The summed E-state index contributed by atoms with van der Waals surface area (Å²) in [5.74, 6) is 0. The van der Waals surface area contributed by atoms with Gasteiger partial charge in [0.1, 0.15) is 0 Å². The molecule has 0 N–H and O–H groups in total. The smallest absolute Gasteiger partial charge is 0.0786 e. The largest absolute Gasteiger partial charge is 0.326 e. The monoisotopic (exact) mass is 270 g/mol. The molecule has 1 saturated heterocycles. The number of quaternary nitrogens is 1. The molecule has 1 rings (SSSR count). The molecule has 1 aliphatic heterocycles. The molecule has 0 saturated carbocycles. The molecule has 2 heteroatoms. The van der Waals surface area contributed by atoms with E-state index in [9.17, 15) is 0 Å². The second-order valence-corrected chi connectivity index (χ2v) is 3.85. The van der Waals surface area contributed by atoms with Gasteiger partial charge in [0.15, 0.2) is 0 Å². The third-order valence-electron chi connectivity index (χ3n) is 2.70.